The summed E-state index contributed by atoms with van der Waals surface area (Å²) in [5.74, 6) is 0. The molecule has 0 amide bonds. The van der Waals surface area contributed by atoms with Gasteiger partial charge in [-0.25, -0.2) is 0 Å². The Morgan fingerprint density at radius 1 is 0.700 bits per heavy atom. The summed E-state index contributed by atoms with van der Waals surface area (Å²) in [7, 11) is 7.50. The number of nitrogens with one attached hydrogen (secondary N) is 2. The van der Waals surface area contributed by atoms with Crippen LogP contribution in [0, 0.1) is 10.8 Å². The second kappa shape index (κ2) is 10.7. The zero-order chi connectivity index (χ0) is 24.2. The van der Waals surface area contributed by atoms with Gasteiger partial charge in [-0.15, -0.1) is 0 Å². The summed E-state index contributed by atoms with van der Waals surface area (Å²) < 4.78 is 9.02. The zero-order valence-corrected chi connectivity index (χ0v) is 26.6. The van der Waals surface area contributed by atoms with Crippen LogP contribution in [-0.2, 0) is 17.4 Å². The zero-order valence-electron chi connectivity index (χ0n) is 22.8. The van der Waals surface area contributed by atoms with E-state index in [9.17, 15) is 0 Å². The molecule has 0 aromatic rings. The molecule has 0 heterocycles. The third kappa shape index (κ3) is 7.54. The van der Waals surface area contributed by atoms with Gasteiger partial charge in [-0.3, -0.25) is 0 Å². The molecule has 0 fully saturated rings. The Bertz CT molecular complexity index is 741. The summed E-state index contributed by atoms with van der Waals surface area (Å²) in [5, 5.41) is 5.50. The fourth-order valence-electron chi connectivity index (χ4n) is 4.44. The van der Waals surface area contributed by atoms with E-state index in [2.05, 4.69) is 94.3 Å². The van der Waals surface area contributed by atoms with Gasteiger partial charge in [0.2, 0.25) is 0 Å². The molecule has 0 aliphatic heterocycles. The predicted octanol–water partition coefficient (Wildman–Crippen LogP) is 6.29. The molecule has 0 aromatic heterocycles. The van der Waals surface area contributed by atoms with Crippen LogP contribution < -0.4 is 10.6 Å². The van der Waals surface area contributed by atoms with Crippen LogP contribution in [0.2, 0.25) is 9.26 Å². The number of hydrogen-bond acceptors (Lipinski definition) is 2. The van der Waals surface area contributed by atoms with E-state index in [1.54, 1.807) is 22.3 Å². The summed E-state index contributed by atoms with van der Waals surface area (Å²) in [5.41, 5.74) is 7.00. The van der Waals surface area contributed by atoms with Crippen LogP contribution in [-0.4, -0.2) is 35.1 Å². The van der Waals surface area contributed by atoms with E-state index < -0.39 is 17.4 Å². The molecule has 0 spiro atoms. The molecule has 2 N–H and O–H groups in total. The smallest absolute Gasteiger partial charge is 0.0167 e. The molecule has 0 radical (unpaired) electrons. The maximum atomic E-state index is 2.75. The van der Waals surface area contributed by atoms with Crippen molar-refractivity contribution in [1.82, 2.24) is 10.6 Å². The minimum atomic E-state index is -3.06. The summed E-state index contributed by atoms with van der Waals surface area (Å²) >= 11 is -3.06. The number of rotatable bonds is 2. The molecule has 2 aliphatic carbocycles. The average molecular weight is 512 g/mol. The van der Waals surface area contributed by atoms with Crippen molar-refractivity contribution in [2.24, 2.45) is 10.8 Å². The molecule has 30 heavy (non-hydrogen) atoms. The van der Waals surface area contributed by atoms with E-state index in [4.69, 9.17) is 0 Å². The van der Waals surface area contributed by atoms with Crippen molar-refractivity contribution in [3.05, 3.63) is 41.0 Å². The maximum Gasteiger partial charge on any atom is -0.0167 e. The normalized spacial score (nSPS) is 17.8. The van der Waals surface area contributed by atoms with Gasteiger partial charge in [0, 0.05) is 0 Å². The molecule has 0 bridgehead atoms. The third-order valence-corrected chi connectivity index (χ3v) is 23.7. The Morgan fingerprint density at radius 3 is 1.10 bits per heavy atom. The van der Waals surface area contributed by atoms with E-state index in [0.29, 0.717) is 0 Å². The van der Waals surface area contributed by atoms with Crippen LogP contribution in [0.3, 0.4) is 0 Å². The second-order valence-corrected chi connectivity index (χ2v) is 40.9. The van der Waals surface area contributed by atoms with E-state index in [-0.39, 0.29) is 10.8 Å². The van der Waals surface area contributed by atoms with Gasteiger partial charge in [0.25, 0.3) is 0 Å². The molecule has 0 aromatic carbocycles. The summed E-state index contributed by atoms with van der Waals surface area (Å²) in [4.78, 5) is 0. The standard InChI is InChI=1S/2C10H15.2C2H7N.2CH3.H2Si.Zr/c2*1-8-5-6-9(7-8)10(2,3)4;2*1-3-2;;;;/h2*7H,6H2,1-4H3;2*3H,1-2H3;2*1H3;1H2;. The second-order valence-electron chi connectivity index (χ2n) is 12.2. The topological polar surface area (TPSA) is 24.1 Å². The van der Waals surface area contributed by atoms with Gasteiger partial charge < -0.3 is 10.6 Å². The minimum absolute atomic E-state index is 0.290. The van der Waals surface area contributed by atoms with Crippen molar-refractivity contribution >= 4 is 6.88 Å². The van der Waals surface area contributed by atoms with Gasteiger partial charge in [0.1, 0.15) is 0 Å². The van der Waals surface area contributed by atoms with Gasteiger partial charge in [-0.05, 0) is 28.2 Å². The van der Waals surface area contributed by atoms with Crippen molar-refractivity contribution in [2.75, 3.05) is 28.2 Å². The molecular formula is C26H52N2SiZr. The molecule has 0 saturated heterocycles. The van der Waals surface area contributed by atoms with Crippen LogP contribution >= 0.6 is 0 Å². The van der Waals surface area contributed by atoms with Crippen molar-refractivity contribution in [1.29, 1.82) is 0 Å². The molecule has 2 aliphatic rings. The van der Waals surface area contributed by atoms with Gasteiger partial charge in [-0.2, -0.15) is 0 Å². The fraction of sp³-hybridized carbons (Fsp3) is 0.692. The molecule has 0 unspecified atom stereocenters. The third-order valence-electron chi connectivity index (χ3n) is 6.33. The SMILES string of the molecule is CC1=[C]([Zr]([CH3])([CH3])(=[SiH2])[C]2=C(C)C=C(C(C)(C)C)C2)CC(C(C)(C)C)=C1.CNC.CNC. The first-order valence-corrected chi connectivity index (χ1v) is 24.7. The Kier molecular flexibility index (Phi) is 10.7. The molecule has 174 valence electrons. The maximum absolute atomic E-state index is 3.06. The van der Waals surface area contributed by atoms with Crippen molar-refractivity contribution in [3.63, 3.8) is 0 Å². The van der Waals surface area contributed by atoms with Gasteiger partial charge in [0.15, 0.2) is 0 Å². The van der Waals surface area contributed by atoms with Gasteiger partial charge in [-0.1, -0.05) is 0 Å². The van der Waals surface area contributed by atoms with Crippen LogP contribution in [0.5, 0.6) is 0 Å². The summed E-state index contributed by atoms with van der Waals surface area (Å²) in [6.45, 7) is 21.3. The first kappa shape index (κ1) is 30.0. The van der Waals surface area contributed by atoms with Crippen LogP contribution in [0.1, 0.15) is 68.2 Å². The number of allylic oxidation sites excluding steroid dienone is 8. The van der Waals surface area contributed by atoms with Crippen molar-refractivity contribution in [2.45, 2.75) is 77.5 Å². The Hall–Kier alpha value is -0.0200. The molecule has 2 nitrogen and oxygen atoms in total. The van der Waals surface area contributed by atoms with E-state index in [1.807, 2.05) is 34.8 Å². The van der Waals surface area contributed by atoms with Crippen molar-refractivity contribution < 1.29 is 17.4 Å². The number of hydrogen-bond donors (Lipinski definition) is 2. The van der Waals surface area contributed by atoms with Gasteiger partial charge in [0.05, 0.1) is 0 Å². The quantitative estimate of drug-likeness (QED) is 0.426. The van der Waals surface area contributed by atoms with E-state index in [0.717, 1.165) is 0 Å². The Balaban J connectivity index is 0.00000125. The molecule has 0 atom stereocenters. The molecule has 2 rings (SSSR count). The fourth-order valence-corrected chi connectivity index (χ4v) is 20.4. The van der Waals surface area contributed by atoms with Crippen LogP contribution in [0.15, 0.2) is 41.0 Å². The van der Waals surface area contributed by atoms with Gasteiger partial charge >= 0.3 is 154 Å². The summed E-state index contributed by atoms with van der Waals surface area (Å²) in [6, 6.07) is 0. The first-order valence-electron chi connectivity index (χ1n) is 11.4. The molecular weight excluding hydrogens is 460 g/mol. The monoisotopic (exact) mass is 510 g/mol. The molecule has 4 heteroatoms. The summed E-state index contributed by atoms with van der Waals surface area (Å²) in [6.07, 6.45) is 7.46. The van der Waals surface area contributed by atoms with E-state index in [1.165, 1.54) is 12.8 Å². The Labute approximate surface area is 191 Å². The minimum Gasteiger partial charge on any atom is -0.323 e. The average Bonchev–Trinajstić information content (AvgIpc) is 3.12. The molecule has 0 saturated carbocycles. The van der Waals surface area contributed by atoms with Crippen molar-refractivity contribution in [3.8, 4) is 0 Å². The predicted molar refractivity (Wildman–Crippen MR) is 140 cm³/mol. The van der Waals surface area contributed by atoms with E-state index >= 15 is 0 Å². The van der Waals surface area contributed by atoms with Crippen LogP contribution in [0.4, 0.5) is 0 Å². The van der Waals surface area contributed by atoms with Crippen LogP contribution in [0.25, 0.3) is 0 Å². The first-order chi connectivity index (χ1) is 13.4. The Morgan fingerprint density at radius 2 is 0.933 bits per heavy atom. The largest absolute Gasteiger partial charge is 0.323 e.